The molecule has 0 bridgehead atoms. The molecule has 0 amide bonds. The zero-order valence-electron chi connectivity index (χ0n) is 10.3. The van der Waals surface area contributed by atoms with Crippen LogP contribution in [0, 0.1) is 0 Å². The quantitative estimate of drug-likeness (QED) is 0.897. The van der Waals surface area contributed by atoms with E-state index in [4.69, 9.17) is 17.3 Å². The Morgan fingerprint density at radius 2 is 1.83 bits per heavy atom. The molecule has 3 heteroatoms. The van der Waals surface area contributed by atoms with E-state index in [1.807, 2.05) is 37.3 Å². The van der Waals surface area contributed by atoms with Crippen LogP contribution in [-0.2, 0) is 6.42 Å². The molecule has 0 saturated carbocycles. The smallest absolute Gasteiger partial charge is 0.0548 e. The normalized spacial score (nSPS) is 12.4. The second kappa shape index (κ2) is 6.28. The minimum atomic E-state index is 0.138. The summed E-state index contributed by atoms with van der Waals surface area (Å²) in [5.74, 6) is 0. The first kappa shape index (κ1) is 13.5. The Labute approximate surface area is 117 Å². The van der Waals surface area contributed by atoms with Crippen molar-refractivity contribution >= 4 is 23.4 Å². The van der Waals surface area contributed by atoms with Crippen LogP contribution in [0.15, 0.2) is 58.3 Å². The van der Waals surface area contributed by atoms with Gasteiger partial charge < -0.3 is 5.73 Å². The SMILES string of the molecule is CC(N)Cc1cccc(Cl)c1Sc1ccccc1. The topological polar surface area (TPSA) is 26.0 Å². The Bertz CT molecular complexity index is 511. The molecular weight excluding hydrogens is 262 g/mol. The molecule has 2 aromatic carbocycles. The Kier molecular flexibility index (Phi) is 4.70. The van der Waals surface area contributed by atoms with E-state index in [0.29, 0.717) is 0 Å². The van der Waals surface area contributed by atoms with Crippen LogP contribution >= 0.6 is 23.4 Å². The van der Waals surface area contributed by atoms with Crippen molar-refractivity contribution in [1.29, 1.82) is 0 Å². The van der Waals surface area contributed by atoms with Crippen molar-refractivity contribution in [1.82, 2.24) is 0 Å². The minimum Gasteiger partial charge on any atom is -0.328 e. The zero-order valence-corrected chi connectivity index (χ0v) is 11.8. The summed E-state index contributed by atoms with van der Waals surface area (Å²) in [6.45, 7) is 2.01. The number of hydrogen-bond acceptors (Lipinski definition) is 2. The summed E-state index contributed by atoms with van der Waals surface area (Å²) < 4.78 is 0. The predicted octanol–water partition coefficient (Wildman–Crippen LogP) is 4.38. The largest absolute Gasteiger partial charge is 0.328 e. The van der Waals surface area contributed by atoms with E-state index in [0.717, 1.165) is 16.3 Å². The van der Waals surface area contributed by atoms with E-state index in [1.54, 1.807) is 11.8 Å². The number of benzene rings is 2. The highest BCUT2D eigenvalue weighted by Crippen LogP contribution is 2.36. The summed E-state index contributed by atoms with van der Waals surface area (Å²) in [5, 5.41) is 0.794. The molecule has 2 rings (SSSR count). The maximum atomic E-state index is 6.30. The van der Waals surface area contributed by atoms with Crippen molar-refractivity contribution in [2.45, 2.75) is 29.2 Å². The van der Waals surface area contributed by atoms with Gasteiger partial charge in [-0.15, -0.1) is 0 Å². The van der Waals surface area contributed by atoms with E-state index in [-0.39, 0.29) is 6.04 Å². The first-order valence-corrected chi connectivity index (χ1v) is 7.12. The van der Waals surface area contributed by atoms with Crippen molar-refractivity contribution in [3.8, 4) is 0 Å². The van der Waals surface area contributed by atoms with Gasteiger partial charge in [-0.3, -0.25) is 0 Å². The van der Waals surface area contributed by atoms with E-state index >= 15 is 0 Å². The second-order valence-corrected chi connectivity index (χ2v) is 5.82. The molecule has 0 heterocycles. The lowest BCUT2D eigenvalue weighted by Crippen LogP contribution is -2.18. The van der Waals surface area contributed by atoms with E-state index in [9.17, 15) is 0 Å². The Morgan fingerprint density at radius 3 is 2.50 bits per heavy atom. The van der Waals surface area contributed by atoms with Crippen LogP contribution < -0.4 is 5.73 Å². The van der Waals surface area contributed by atoms with E-state index < -0.39 is 0 Å². The van der Waals surface area contributed by atoms with Crippen molar-refractivity contribution in [2.24, 2.45) is 5.73 Å². The molecule has 0 saturated heterocycles. The van der Waals surface area contributed by atoms with Crippen LogP contribution in [0.4, 0.5) is 0 Å². The van der Waals surface area contributed by atoms with E-state index in [2.05, 4.69) is 18.2 Å². The van der Waals surface area contributed by atoms with Crippen LogP contribution in [-0.4, -0.2) is 6.04 Å². The molecule has 1 atom stereocenters. The Morgan fingerprint density at radius 1 is 1.11 bits per heavy atom. The van der Waals surface area contributed by atoms with Gasteiger partial charge in [-0.1, -0.05) is 53.7 Å². The summed E-state index contributed by atoms with van der Waals surface area (Å²) in [5.41, 5.74) is 7.10. The molecule has 0 fully saturated rings. The lowest BCUT2D eigenvalue weighted by Gasteiger charge is -2.12. The summed E-state index contributed by atoms with van der Waals surface area (Å²) in [7, 11) is 0. The molecule has 1 nitrogen and oxygen atoms in total. The average Bonchev–Trinajstić information content (AvgIpc) is 2.34. The summed E-state index contributed by atoms with van der Waals surface area (Å²) in [6.07, 6.45) is 0.843. The van der Waals surface area contributed by atoms with Gasteiger partial charge in [0.25, 0.3) is 0 Å². The van der Waals surface area contributed by atoms with Crippen molar-refractivity contribution < 1.29 is 0 Å². The highest BCUT2D eigenvalue weighted by molar-refractivity contribution is 7.99. The van der Waals surface area contributed by atoms with Crippen molar-refractivity contribution in [2.75, 3.05) is 0 Å². The molecule has 1 unspecified atom stereocenters. The second-order valence-electron chi connectivity index (χ2n) is 4.32. The van der Waals surface area contributed by atoms with E-state index in [1.165, 1.54) is 10.5 Å². The molecule has 0 spiro atoms. The molecule has 94 valence electrons. The van der Waals surface area contributed by atoms with Gasteiger partial charge in [0.15, 0.2) is 0 Å². The molecular formula is C15H16ClNS. The lowest BCUT2D eigenvalue weighted by molar-refractivity contribution is 0.729. The van der Waals surface area contributed by atoms with Crippen molar-refractivity contribution in [3.63, 3.8) is 0 Å². The third kappa shape index (κ3) is 3.52. The molecule has 0 aliphatic carbocycles. The summed E-state index contributed by atoms with van der Waals surface area (Å²) in [4.78, 5) is 2.30. The standard InChI is InChI=1S/C15H16ClNS/c1-11(17)10-12-6-5-9-14(16)15(12)18-13-7-3-2-4-8-13/h2-9,11H,10,17H2,1H3. The fraction of sp³-hybridized carbons (Fsp3) is 0.200. The van der Waals surface area contributed by atoms with Gasteiger partial charge in [0.1, 0.15) is 0 Å². The van der Waals surface area contributed by atoms with Crippen LogP contribution in [0.1, 0.15) is 12.5 Å². The number of nitrogens with two attached hydrogens (primary N) is 1. The number of hydrogen-bond donors (Lipinski definition) is 1. The Balaban J connectivity index is 2.31. The fourth-order valence-corrected chi connectivity index (χ4v) is 3.07. The highest BCUT2D eigenvalue weighted by Gasteiger charge is 2.10. The third-order valence-corrected chi connectivity index (χ3v) is 4.17. The van der Waals surface area contributed by atoms with Crippen LogP contribution in [0.3, 0.4) is 0 Å². The number of rotatable bonds is 4. The maximum absolute atomic E-state index is 6.30. The zero-order chi connectivity index (χ0) is 13.0. The first-order valence-electron chi connectivity index (χ1n) is 5.92. The van der Waals surface area contributed by atoms with Gasteiger partial charge in [0, 0.05) is 15.8 Å². The lowest BCUT2D eigenvalue weighted by atomic mass is 10.1. The van der Waals surface area contributed by atoms with Gasteiger partial charge in [-0.25, -0.2) is 0 Å². The first-order chi connectivity index (χ1) is 8.66. The molecule has 0 aliphatic rings. The van der Waals surface area contributed by atoms with Gasteiger partial charge in [0.2, 0.25) is 0 Å². The van der Waals surface area contributed by atoms with Crippen LogP contribution in [0.5, 0.6) is 0 Å². The molecule has 0 aromatic heterocycles. The highest BCUT2D eigenvalue weighted by atomic mass is 35.5. The summed E-state index contributed by atoms with van der Waals surface area (Å²) in [6, 6.07) is 16.4. The molecule has 18 heavy (non-hydrogen) atoms. The molecule has 2 aromatic rings. The van der Waals surface area contributed by atoms with Gasteiger partial charge in [-0.05, 0) is 37.1 Å². The van der Waals surface area contributed by atoms with Gasteiger partial charge in [-0.2, -0.15) is 0 Å². The predicted molar refractivity (Wildman–Crippen MR) is 79.4 cm³/mol. The minimum absolute atomic E-state index is 0.138. The van der Waals surface area contributed by atoms with Gasteiger partial charge >= 0.3 is 0 Å². The van der Waals surface area contributed by atoms with Crippen LogP contribution in [0.2, 0.25) is 5.02 Å². The number of halogens is 1. The Hall–Kier alpha value is -0.960. The molecule has 0 aliphatic heterocycles. The van der Waals surface area contributed by atoms with Crippen LogP contribution in [0.25, 0.3) is 0 Å². The third-order valence-electron chi connectivity index (χ3n) is 2.55. The average molecular weight is 278 g/mol. The van der Waals surface area contributed by atoms with Gasteiger partial charge in [0.05, 0.1) is 5.02 Å². The maximum Gasteiger partial charge on any atom is 0.0548 e. The molecule has 0 radical (unpaired) electrons. The van der Waals surface area contributed by atoms with Crippen molar-refractivity contribution in [3.05, 3.63) is 59.1 Å². The monoisotopic (exact) mass is 277 g/mol. The summed E-state index contributed by atoms with van der Waals surface area (Å²) >= 11 is 8.00. The molecule has 2 N–H and O–H groups in total. The fourth-order valence-electron chi connectivity index (χ4n) is 1.78.